The molecule has 1 aromatic carbocycles. The molecule has 0 aromatic heterocycles. The maximum Gasteiger partial charge on any atom is 0.490 e. The van der Waals surface area contributed by atoms with Gasteiger partial charge in [-0.2, -0.15) is 13.2 Å². The Hall–Kier alpha value is -2.00. The van der Waals surface area contributed by atoms with Gasteiger partial charge in [0.15, 0.2) is 6.61 Å². The van der Waals surface area contributed by atoms with E-state index in [1.807, 2.05) is 0 Å². The minimum Gasteiger partial charge on any atom is -0.484 e. The number of carbonyl (C=O) groups excluding carboxylic acids is 1. The number of ether oxygens (including phenoxy) is 1. The van der Waals surface area contributed by atoms with Crippen molar-refractivity contribution in [3.05, 3.63) is 29.3 Å². The number of hydrogen-bond acceptors (Lipinski definition) is 4. The van der Waals surface area contributed by atoms with E-state index >= 15 is 0 Å². The van der Waals surface area contributed by atoms with Crippen molar-refractivity contribution in [2.75, 3.05) is 26.2 Å². The van der Waals surface area contributed by atoms with E-state index in [0.29, 0.717) is 23.2 Å². The van der Waals surface area contributed by atoms with Crippen molar-refractivity contribution in [1.82, 2.24) is 4.90 Å². The van der Waals surface area contributed by atoms with Crippen LogP contribution in [0.3, 0.4) is 0 Å². The van der Waals surface area contributed by atoms with Crippen LogP contribution in [-0.2, 0) is 9.59 Å². The molecule has 1 aliphatic rings. The summed E-state index contributed by atoms with van der Waals surface area (Å²) >= 11 is 5.76. The number of amides is 1. The second-order valence-electron chi connectivity index (χ2n) is 5.29. The molecule has 0 aliphatic carbocycles. The summed E-state index contributed by atoms with van der Waals surface area (Å²) in [4.78, 5) is 22.5. The molecule has 140 valence electrons. The zero-order valence-corrected chi connectivity index (χ0v) is 13.9. The van der Waals surface area contributed by atoms with Crippen LogP contribution < -0.4 is 10.5 Å². The smallest absolute Gasteiger partial charge is 0.484 e. The average molecular weight is 383 g/mol. The molecule has 1 fully saturated rings. The van der Waals surface area contributed by atoms with Gasteiger partial charge in [0.25, 0.3) is 5.91 Å². The van der Waals surface area contributed by atoms with Crippen LogP contribution in [0.25, 0.3) is 0 Å². The van der Waals surface area contributed by atoms with Crippen molar-refractivity contribution in [2.45, 2.75) is 12.6 Å². The Morgan fingerprint density at radius 3 is 2.24 bits per heavy atom. The standard InChI is InChI=1S/C13H17ClN2O2.C2HF3O2/c14-11-1-3-12(4-2-11)18-9-13(17)16-7-10(8-16)5-6-15;3-2(4,5)1(6)7/h1-4,10H,5-9,15H2;(H,6,7). The minimum absolute atomic E-state index is 0.0261. The van der Waals surface area contributed by atoms with Crippen LogP contribution in [0, 0.1) is 5.92 Å². The van der Waals surface area contributed by atoms with Gasteiger partial charge in [0.2, 0.25) is 0 Å². The Kier molecular flexibility index (Phi) is 7.98. The normalized spacial score (nSPS) is 14.2. The third-order valence-electron chi connectivity index (χ3n) is 3.30. The molecule has 1 amide bonds. The highest BCUT2D eigenvalue weighted by Crippen LogP contribution is 2.19. The highest BCUT2D eigenvalue weighted by atomic mass is 35.5. The van der Waals surface area contributed by atoms with Gasteiger partial charge in [-0.15, -0.1) is 0 Å². The Morgan fingerprint density at radius 2 is 1.80 bits per heavy atom. The van der Waals surface area contributed by atoms with E-state index in [9.17, 15) is 18.0 Å². The fourth-order valence-electron chi connectivity index (χ4n) is 1.96. The van der Waals surface area contributed by atoms with Crippen molar-refractivity contribution in [2.24, 2.45) is 11.7 Å². The number of halogens is 4. The van der Waals surface area contributed by atoms with Crippen LogP contribution >= 0.6 is 11.6 Å². The third kappa shape index (κ3) is 7.61. The molecule has 0 atom stereocenters. The van der Waals surface area contributed by atoms with Gasteiger partial charge in [0.1, 0.15) is 5.75 Å². The lowest BCUT2D eigenvalue weighted by molar-refractivity contribution is -0.192. The molecular weight excluding hydrogens is 365 g/mol. The highest BCUT2D eigenvalue weighted by Gasteiger charge is 2.38. The summed E-state index contributed by atoms with van der Waals surface area (Å²) < 4.78 is 37.1. The summed E-state index contributed by atoms with van der Waals surface area (Å²) in [6, 6.07) is 6.98. The fourth-order valence-corrected chi connectivity index (χ4v) is 2.08. The van der Waals surface area contributed by atoms with Crippen molar-refractivity contribution in [3.63, 3.8) is 0 Å². The summed E-state index contributed by atoms with van der Waals surface area (Å²) in [5, 5.41) is 7.78. The number of alkyl halides is 3. The Morgan fingerprint density at radius 1 is 1.28 bits per heavy atom. The van der Waals surface area contributed by atoms with Crippen molar-refractivity contribution >= 4 is 23.5 Å². The molecule has 10 heteroatoms. The molecule has 3 N–H and O–H groups in total. The summed E-state index contributed by atoms with van der Waals surface area (Å²) in [5.74, 6) is -1.51. The van der Waals surface area contributed by atoms with E-state index in [2.05, 4.69) is 0 Å². The van der Waals surface area contributed by atoms with Crippen LogP contribution in [0.5, 0.6) is 5.75 Å². The molecule has 1 aromatic rings. The Labute approximate surface area is 147 Å². The van der Waals surface area contributed by atoms with Crippen LogP contribution in [-0.4, -0.2) is 54.3 Å². The second kappa shape index (κ2) is 9.47. The number of carbonyl (C=O) groups is 2. The first-order valence-electron chi connectivity index (χ1n) is 7.29. The first-order valence-corrected chi connectivity index (χ1v) is 7.67. The average Bonchev–Trinajstić information content (AvgIpc) is 2.49. The zero-order chi connectivity index (χ0) is 19.0. The summed E-state index contributed by atoms with van der Waals surface area (Å²) in [6.45, 7) is 2.38. The van der Waals surface area contributed by atoms with Gasteiger partial charge in [-0.1, -0.05) is 11.6 Å². The number of carboxylic acid groups (broad SMARTS) is 1. The molecule has 1 saturated heterocycles. The van der Waals surface area contributed by atoms with Gasteiger partial charge in [0.05, 0.1) is 0 Å². The third-order valence-corrected chi connectivity index (χ3v) is 3.56. The topological polar surface area (TPSA) is 92.9 Å². The van der Waals surface area contributed by atoms with Gasteiger partial charge in [-0.3, -0.25) is 4.79 Å². The number of carboxylic acids is 1. The molecule has 0 saturated carbocycles. The molecule has 25 heavy (non-hydrogen) atoms. The molecule has 2 rings (SSSR count). The zero-order valence-electron chi connectivity index (χ0n) is 13.1. The molecule has 0 unspecified atom stereocenters. The molecule has 0 spiro atoms. The second-order valence-corrected chi connectivity index (χ2v) is 5.72. The summed E-state index contributed by atoms with van der Waals surface area (Å²) in [6.07, 6.45) is -4.10. The number of aliphatic carboxylic acids is 1. The van der Waals surface area contributed by atoms with Gasteiger partial charge in [-0.05, 0) is 43.1 Å². The van der Waals surface area contributed by atoms with Gasteiger partial charge in [-0.25, -0.2) is 4.79 Å². The van der Waals surface area contributed by atoms with E-state index < -0.39 is 12.1 Å². The summed E-state index contributed by atoms with van der Waals surface area (Å²) in [5.41, 5.74) is 5.47. The molecular formula is C15H18ClF3N2O4. The Bertz CT molecular complexity index is 575. The maximum absolute atomic E-state index is 11.8. The Balaban J connectivity index is 0.000000381. The monoisotopic (exact) mass is 382 g/mol. The van der Waals surface area contributed by atoms with Crippen LogP contribution in [0.2, 0.25) is 5.02 Å². The van der Waals surface area contributed by atoms with E-state index in [0.717, 1.165) is 19.5 Å². The van der Waals surface area contributed by atoms with E-state index in [1.54, 1.807) is 29.2 Å². The van der Waals surface area contributed by atoms with Gasteiger partial charge >= 0.3 is 12.1 Å². The van der Waals surface area contributed by atoms with Crippen LogP contribution in [0.4, 0.5) is 13.2 Å². The predicted molar refractivity (Wildman–Crippen MR) is 84.4 cm³/mol. The number of nitrogens with zero attached hydrogens (tertiary/aromatic N) is 1. The molecule has 1 aliphatic heterocycles. The van der Waals surface area contributed by atoms with Gasteiger partial charge in [0, 0.05) is 18.1 Å². The van der Waals surface area contributed by atoms with Crippen LogP contribution in [0.15, 0.2) is 24.3 Å². The number of likely N-dealkylation sites (tertiary alicyclic amines) is 1. The maximum atomic E-state index is 11.8. The number of rotatable bonds is 5. The number of hydrogen-bond donors (Lipinski definition) is 2. The first kappa shape index (κ1) is 21.0. The number of nitrogens with two attached hydrogens (primary N) is 1. The number of benzene rings is 1. The van der Waals surface area contributed by atoms with Gasteiger partial charge < -0.3 is 20.5 Å². The predicted octanol–water partition coefficient (Wildman–Crippen LogP) is 2.16. The largest absolute Gasteiger partial charge is 0.490 e. The quantitative estimate of drug-likeness (QED) is 0.814. The van der Waals surface area contributed by atoms with Crippen LogP contribution in [0.1, 0.15) is 6.42 Å². The van der Waals surface area contributed by atoms with E-state index in [4.69, 9.17) is 32.0 Å². The summed E-state index contributed by atoms with van der Waals surface area (Å²) in [7, 11) is 0. The van der Waals surface area contributed by atoms with E-state index in [-0.39, 0.29) is 12.5 Å². The van der Waals surface area contributed by atoms with Crippen molar-refractivity contribution in [1.29, 1.82) is 0 Å². The highest BCUT2D eigenvalue weighted by molar-refractivity contribution is 6.30. The fraction of sp³-hybridized carbons (Fsp3) is 0.467. The minimum atomic E-state index is -5.08. The SMILES string of the molecule is NCCC1CN(C(=O)COc2ccc(Cl)cc2)C1.O=C(O)C(F)(F)F. The lowest BCUT2D eigenvalue weighted by Gasteiger charge is -2.39. The van der Waals surface area contributed by atoms with E-state index in [1.165, 1.54) is 0 Å². The lowest BCUT2D eigenvalue weighted by Crippen LogP contribution is -2.52. The van der Waals surface area contributed by atoms with Crippen molar-refractivity contribution < 1.29 is 32.6 Å². The molecule has 1 heterocycles. The lowest BCUT2D eigenvalue weighted by atomic mass is 9.96. The van der Waals surface area contributed by atoms with Crippen molar-refractivity contribution in [3.8, 4) is 5.75 Å². The molecule has 0 bridgehead atoms. The first-order chi connectivity index (χ1) is 11.6. The molecule has 0 radical (unpaired) electrons. The molecule has 6 nitrogen and oxygen atoms in total.